The first-order valence-corrected chi connectivity index (χ1v) is 8.50. The summed E-state index contributed by atoms with van der Waals surface area (Å²) < 4.78 is 5.49. The van der Waals surface area contributed by atoms with Gasteiger partial charge in [-0.2, -0.15) is 0 Å². The number of hydrogen-bond acceptors (Lipinski definition) is 4. The Hall–Kier alpha value is 0.0569. The summed E-state index contributed by atoms with van der Waals surface area (Å²) in [5, 5.41) is 18.9. The van der Waals surface area contributed by atoms with Crippen molar-refractivity contribution in [2.75, 3.05) is 6.61 Å². The number of aliphatic hydroxyl groups is 2. The topological polar surface area (TPSA) is 58.9 Å². The van der Waals surface area contributed by atoms with E-state index in [1.807, 2.05) is 13.1 Å². The fourth-order valence-corrected chi connectivity index (χ4v) is 1.28. The molecule has 0 fully saturated rings. The molecule has 0 rings (SSSR count). The van der Waals surface area contributed by atoms with Gasteiger partial charge in [0.2, 0.25) is 8.32 Å². The highest BCUT2D eigenvalue weighted by atomic mass is 28.4. The average Bonchev–Trinajstić information content (AvgIpc) is 2.00. The normalized spacial score (nSPS) is 16.3. The van der Waals surface area contributed by atoms with Crippen LogP contribution in [0.5, 0.6) is 0 Å². The lowest BCUT2D eigenvalue weighted by Crippen LogP contribution is -2.47. The zero-order chi connectivity index (χ0) is 13.2. The molecule has 0 aliphatic rings. The van der Waals surface area contributed by atoms with Crippen molar-refractivity contribution in [3.63, 3.8) is 0 Å². The molecule has 0 amide bonds. The largest absolute Gasteiger partial charge is 0.393 e. The smallest absolute Gasteiger partial charge is 0.238 e. The van der Waals surface area contributed by atoms with Gasteiger partial charge in [0.1, 0.15) is 6.10 Å². The predicted molar refractivity (Wildman–Crippen MR) is 66.5 cm³/mol. The molecule has 0 saturated carbocycles. The van der Waals surface area contributed by atoms with E-state index in [9.17, 15) is 5.11 Å². The third-order valence-electron chi connectivity index (χ3n) is 3.13. The molecule has 2 N–H and O–H groups in total. The lowest BCUT2D eigenvalue weighted by atomic mass is 10.0. The molecule has 1 unspecified atom stereocenters. The molecule has 1 atom stereocenters. The van der Waals surface area contributed by atoms with Gasteiger partial charge in [0.05, 0.1) is 12.2 Å². The van der Waals surface area contributed by atoms with Crippen molar-refractivity contribution in [1.29, 1.82) is 0 Å². The molecule has 0 aliphatic heterocycles. The van der Waals surface area contributed by atoms with Crippen molar-refractivity contribution in [1.82, 2.24) is 0 Å². The van der Waals surface area contributed by atoms with Crippen LogP contribution in [0.15, 0.2) is 0 Å². The van der Waals surface area contributed by atoms with Crippen molar-refractivity contribution >= 4 is 8.32 Å². The summed E-state index contributed by atoms with van der Waals surface area (Å²) in [7, 11) is -2.01. The van der Waals surface area contributed by atoms with Gasteiger partial charge in [0.25, 0.3) is 0 Å². The van der Waals surface area contributed by atoms with Gasteiger partial charge in [0.15, 0.2) is 0 Å². The van der Waals surface area contributed by atoms with Crippen LogP contribution in [0, 0.1) is 0 Å². The van der Waals surface area contributed by atoms with E-state index in [1.54, 1.807) is 13.8 Å². The monoisotopic (exact) mass is 250 g/mol. The number of rotatable bonds is 5. The molecule has 16 heavy (non-hydrogen) atoms. The summed E-state index contributed by atoms with van der Waals surface area (Å²) in [6.45, 7) is 13.3. The fourth-order valence-electron chi connectivity index (χ4n) is 0.675. The van der Waals surface area contributed by atoms with Crippen LogP contribution in [0.2, 0.25) is 18.1 Å². The van der Waals surface area contributed by atoms with E-state index in [0.29, 0.717) is 0 Å². The van der Waals surface area contributed by atoms with Gasteiger partial charge >= 0.3 is 0 Å². The quantitative estimate of drug-likeness (QED) is 0.445. The maximum absolute atomic E-state index is 9.73. The Bertz CT molecular complexity index is 215. The lowest BCUT2D eigenvalue weighted by molar-refractivity contribution is -0.298. The van der Waals surface area contributed by atoms with Gasteiger partial charge in [-0.1, -0.05) is 20.8 Å². The van der Waals surface area contributed by atoms with Crippen molar-refractivity contribution in [2.24, 2.45) is 0 Å². The molecule has 0 aromatic carbocycles. The first-order chi connectivity index (χ1) is 6.92. The summed E-state index contributed by atoms with van der Waals surface area (Å²) >= 11 is 0. The van der Waals surface area contributed by atoms with Crippen LogP contribution < -0.4 is 0 Å². The highest BCUT2D eigenvalue weighted by molar-refractivity contribution is 6.73. The zero-order valence-corrected chi connectivity index (χ0v) is 12.5. The Morgan fingerprint density at radius 3 is 1.81 bits per heavy atom. The van der Waals surface area contributed by atoms with E-state index < -0.39 is 20.0 Å². The van der Waals surface area contributed by atoms with Crippen LogP contribution in [0.4, 0.5) is 0 Å². The molecular formula is C11H26O4Si. The maximum atomic E-state index is 9.73. The molecule has 0 aliphatic carbocycles. The van der Waals surface area contributed by atoms with Gasteiger partial charge in [-0.15, -0.1) is 0 Å². The molecular weight excluding hydrogens is 224 g/mol. The van der Waals surface area contributed by atoms with Crippen LogP contribution in [0.25, 0.3) is 0 Å². The third kappa shape index (κ3) is 4.51. The van der Waals surface area contributed by atoms with Crippen molar-refractivity contribution in [2.45, 2.75) is 64.5 Å². The van der Waals surface area contributed by atoms with Gasteiger partial charge < -0.3 is 10.2 Å². The molecule has 0 saturated heterocycles. The molecule has 4 nitrogen and oxygen atoms in total. The Morgan fingerprint density at radius 1 is 1.12 bits per heavy atom. The van der Waals surface area contributed by atoms with Crippen molar-refractivity contribution in [3.8, 4) is 0 Å². The molecule has 5 heteroatoms. The van der Waals surface area contributed by atoms with E-state index >= 15 is 0 Å². The summed E-state index contributed by atoms with van der Waals surface area (Å²) in [6.07, 6.45) is -0.721. The fraction of sp³-hybridized carbons (Fsp3) is 1.00. The van der Waals surface area contributed by atoms with Gasteiger partial charge in [-0.3, -0.25) is 4.58 Å². The highest BCUT2D eigenvalue weighted by Gasteiger charge is 2.40. The minimum atomic E-state index is -2.01. The zero-order valence-electron chi connectivity index (χ0n) is 11.5. The first-order valence-electron chi connectivity index (χ1n) is 5.59. The molecule has 0 aromatic heterocycles. The second-order valence-corrected chi connectivity index (χ2v) is 11.0. The van der Waals surface area contributed by atoms with E-state index in [2.05, 4.69) is 20.8 Å². The molecule has 98 valence electrons. The molecule has 0 bridgehead atoms. The van der Waals surface area contributed by atoms with Gasteiger partial charge in [-0.25, -0.2) is 4.89 Å². The summed E-state index contributed by atoms with van der Waals surface area (Å²) in [6, 6.07) is 0. The van der Waals surface area contributed by atoms with Crippen LogP contribution >= 0.6 is 0 Å². The van der Waals surface area contributed by atoms with Gasteiger partial charge in [-0.05, 0) is 32.0 Å². The minimum Gasteiger partial charge on any atom is -0.393 e. The van der Waals surface area contributed by atoms with E-state index in [1.165, 1.54) is 0 Å². The van der Waals surface area contributed by atoms with E-state index in [4.69, 9.17) is 14.6 Å². The van der Waals surface area contributed by atoms with E-state index in [0.717, 1.165) is 0 Å². The maximum Gasteiger partial charge on any atom is 0.238 e. The summed E-state index contributed by atoms with van der Waals surface area (Å²) in [4.78, 5) is 5.21. The number of aliphatic hydroxyl groups excluding tert-OH is 1. The Kier molecular flexibility index (Phi) is 5.16. The number of hydrogen-bond donors (Lipinski definition) is 2. The van der Waals surface area contributed by atoms with Crippen LogP contribution in [0.3, 0.4) is 0 Å². The van der Waals surface area contributed by atoms with E-state index in [-0.39, 0.29) is 11.6 Å². The second kappa shape index (κ2) is 5.14. The van der Waals surface area contributed by atoms with Gasteiger partial charge in [0, 0.05) is 0 Å². The first kappa shape index (κ1) is 16.1. The Labute approximate surface area is 99.6 Å². The Morgan fingerprint density at radius 2 is 1.56 bits per heavy atom. The van der Waals surface area contributed by atoms with Crippen LogP contribution in [0.1, 0.15) is 34.6 Å². The SMILES string of the molecule is CC(C)(O)C(CO)OO[Si](C)(C)C(C)(C)C. The molecule has 0 aromatic rings. The predicted octanol–water partition coefficient (Wildman–Crippen LogP) is 2.07. The standard InChI is InChI=1S/C11H26O4Si/c1-10(2,3)16(6,7)15-14-9(8-12)11(4,5)13/h9,12-13H,8H2,1-7H3. The lowest BCUT2D eigenvalue weighted by Gasteiger charge is -2.37. The highest BCUT2D eigenvalue weighted by Crippen LogP contribution is 2.37. The van der Waals surface area contributed by atoms with Crippen LogP contribution in [-0.4, -0.2) is 36.8 Å². The van der Waals surface area contributed by atoms with Crippen LogP contribution in [-0.2, 0) is 9.46 Å². The molecule has 0 radical (unpaired) electrons. The second-order valence-electron chi connectivity index (χ2n) is 6.26. The summed E-state index contributed by atoms with van der Waals surface area (Å²) in [5.74, 6) is 0. The third-order valence-corrected chi connectivity index (χ3v) is 7.26. The molecule has 0 heterocycles. The molecule has 0 spiro atoms. The van der Waals surface area contributed by atoms with Crippen molar-refractivity contribution in [3.05, 3.63) is 0 Å². The average molecular weight is 250 g/mol. The Balaban J connectivity index is 4.44. The van der Waals surface area contributed by atoms with Crippen molar-refractivity contribution < 1.29 is 19.7 Å². The summed E-state index contributed by atoms with van der Waals surface area (Å²) in [5.41, 5.74) is -1.11. The minimum absolute atomic E-state index is 0.0343.